The molecule has 0 aromatic heterocycles. The maximum atomic E-state index is 11.0. The van der Waals surface area contributed by atoms with E-state index in [1.807, 2.05) is 19.1 Å². The van der Waals surface area contributed by atoms with Crippen molar-refractivity contribution >= 4 is 23.3 Å². The van der Waals surface area contributed by atoms with Gasteiger partial charge in [-0.15, -0.1) is 0 Å². The zero-order chi connectivity index (χ0) is 19.5. The third kappa shape index (κ3) is 7.25. The predicted octanol–water partition coefficient (Wildman–Crippen LogP) is 3.22. The Kier molecular flexibility index (Phi) is 8.70. The van der Waals surface area contributed by atoms with Gasteiger partial charge in [-0.25, -0.2) is 0 Å². The molecule has 2 aromatic carbocycles. The molecule has 1 atom stereocenters. The summed E-state index contributed by atoms with van der Waals surface area (Å²) < 4.78 is 4.81. The van der Waals surface area contributed by atoms with E-state index in [1.165, 1.54) is 0 Å². The van der Waals surface area contributed by atoms with Gasteiger partial charge < -0.3 is 21.3 Å². The Morgan fingerprint density at radius 1 is 0.962 bits per heavy atom. The van der Waals surface area contributed by atoms with E-state index in [0.717, 1.165) is 11.1 Å². The Labute approximate surface area is 153 Å². The van der Waals surface area contributed by atoms with Crippen LogP contribution in [0.2, 0.25) is 0 Å². The molecule has 0 radical (unpaired) electrons. The number of nitrogens with two attached hydrogens (primary N) is 2. The molecule has 0 aliphatic rings. The summed E-state index contributed by atoms with van der Waals surface area (Å²) in [5.74, 6) is -1.40. The van der Waals surface area contributed by atoms with Crippen molar-refractivity contribution in [1.82, 2.24) is 0 Å². The fraction of sp³-hybridized carbons (Fsp3) is 0.300. The summed E-state index contributed by atoms with van der Waals surface area (Å²) in [6.07, 6.45) is 0.910. The fourth-order valence-corrected chi connectivity index (χ4v) is 2.30. The number of hydrogen-bond donors (Lipinski definition) is 3. The van der Waals surface area contributed by atoms with E-state index < -0.39 is 11.9 Å². The Bertz CT molecular complexity index is 695. The molecule has 140 valence electrons. The summed E-state index contributed by atoms with van der Waals surface area (Å²) in [5, 5.41) is 8.86. The maximum Gasteiger partial charge on any atom is 0.310 e. The van der Waals surface area contributed by atoms with Crippen molar-refractivity contribution in [3.8, 4) is 0 Å². The van der Waals surface area contributed by atoms with Crippen molar-refractivity contribution in [1.29, 1.82) is 0 Å². The zero-order valence-corrected chi connectivity index (χ0v) is 15.1. The average Bonchev–Trinajstić information content (AvgIpc) is 2.60. The van der Waals surface area contributed by atoms with Crippen molar-refractivity contribution in [2.45, 2.75) is 32.6 Å². The third-order valence-electron chi connectivity index (χ3n) is 3.68. The molecule has 2 aromatic rings. The first-order valence-corrected chi connectivity index (χ1v) is 8.45. The van der Waals surface area contributed by atoms with Crippen LogP contribution in [0.4, 0.5) is 11.4 Å². The van der Waals surface area contributed by atoms with Crippen LogP contribution in [0.15, 0.2) is 48.5 Å². The number of rotatable bonds is 6. The standard InChI is InChI=1S/2C10H13NO2/c1-2-13-10(12)7-8-3-5-9(11)6-4-8;1-2-9(10(12)13)7-3-5-8(11)6-4-7/h3-6H,2,7,11H2,1H3;3-6,9H,2,11H2,1H3,(H,12,13). The van der Waals surface area contributed by atoms with Gasteiger partial charge in [-0.05, 0) is 48.7 Å². The molecule has 1 unspecified atom stereocenters. The molecule has 26 heavy (non-hydrogen) atoms. The second-order valence-electron chi connectivity index (χ2n) is 5.69. The summed E-state index contributed by atoms with van der Waals surface area (Å²) in [4.78, 5) is 21.8. The Morgan fingerprint density at radius 2 is 1.46 bits per heavy atom. The minimum Gasteiger partial charge on any atom is -0.481 e. The predicted molar refractivity (Wildman–Crippen MR) is 103 cm³/mol. The molecule has 2 rings (SSSR count). The zero-order valence-electron chi connectivity index (χ0n) is 15.1. The number of nitrogen functional groups attached to an aromatic ring is 2. The minimum atomic E-state index is -0.785. The van der Waals surface area contributed by atoms with Crippen LogP contribution in [0.1, 0.15) is 37.3 Å². The van der Waals surface area contributed by atoms with Gasteiger partial charge in [-0.2, -0.15) is 0 Å². The number of hydrogen-bond acceptors (Lipinski definition) is 5. The lowest BCUT2D eigenvalue weighted by Gasteiger charge is -2.09. The lowest BCUT2D eigenvalue weighted by atomic mass is 9.97. The molecule has 0 heterocycles. The molecule has 0 spiro atoms. The Hall–Kier alpha value is -3.02. The van der Waals surface area contributed by atoms with Crippen molar-refractivity contribution in [3.63, 3.8) is 0 Å². The van der Waals surface area contributed by atoms with Gasteiger partial charge in [0.25, 0.3) is 0 Å². The topological polar surface area (TPSA) is 116 Å². The molecule has 5 N–H and O–H groups in total. The van der Waals surface area contributed by atoms with Crippen LogP contribution in [0.3, 0.4) is 0 Å². The Balaban J connectivity index is 0.000000260. The molecule has 6 nitrogen and oxygen atoms in total. The number of carboxylic acids is 1. The number of esters is 1. The SMILES string of the molecule is CCC(C(=O)O)c1ccc(N)cc1.CCOC(=O)Cc1ccc(N)cc1. The van der Waals surface area contributed by atoms with Gasteiger partial charge in [0.15, 0.2) is 0 Å². The number of ether oxygens (including phenoxy) is 1. The van der Waals surface area contributed by atoms with Crippen molar-refractivity contribution in [2.75, 3.05) is 18.1 Å². The first-order chi connectivity index (χ1) is 12.4. The molecule has 0 aliphatic carbocycles. The summed E-state index contributed by atoms with van der Waals surface area (Å²) >= 11 is 0. The minimum absolute atomic E-state index is 0.202. The van der Waals surface area contributed by atoms with Gasteiger partial charge in [0, 0.05) is 11.4 Å². The van der Waals surface area contributed by atoms with Gasteiger partial charge in [-0.3, -0.25) is 9.59 Å². The molecule has 0 amide bonds. The normalized spacial score (nSPS) is 11.0. The molecule has 6 heteroatoms. The van der Waals surface area contributed by atoms with Crippen LogP contribution in [-0.2, 0) is 20.7 Å². The number of benzene rings is 2. The molecule has 0 saturated heterocycles. The lowest BCUT2D eigenvalue weighted by molar-refractivity contribution is -0.142. The van der Waals surface area contributed by atoms with Crippen molar-refractivity contribution in [2.24, 2.45) is 0 Å². The van der Waals surface area contributed by atoms with Crippen molar-refractivity contribution in [3.05, 3.63) is 59.7 Å². The number of carbonyl (C=O) groups is 2. The third-order valence-corrected chi connectivity index (χ3v) is 3.68. The molecule has 0 fully saturated rings. The first-order valence-electron chi connectivity index (χ1n) is 8.45. The van der Waals surface area contributed by atoms with E-state index in [4.69, 9.17) is 21.3 Å². The summed E-state index contributed by atoms with van der Waals surface area (Å²) in [6, 6.07) is 14.2. The lowest BCUT2D eigenvalue weighted by Crippen LogP contribution is -2.10. The highest BCUT2D eigenvalue weighted by atomic mass is 16.5. The first kappa shape index (κ1) is 21.0. The van der Waals surface area contributed by atoms with Crippen LogP contribution in [0, 0.1) is 0 Å². The summed E-state index contributed by atoms with van der Waals surface area (Å²) in [6.45, 7) is 4.07. The molecule has 0 aliphatic heterocycles. The summed E-state index contributed by atoms with van der Waals surface area (Å²) in [5.41, 5.74) is 14.1. The van der Waals surface area contributed by atoms with Gasteiger partial charge in [0.1, 0.15) is 0 Å². The highest BCUT2D eigenvalue weighted by Gasteiger charge is 2.16. The number of aliphatic carboxylic acids is 1. The largest absolute Gasteiger partial charge is 0.481 e. The highest BCUT2D eigenvalue weighted by molar-refractivity contribution is 5.76. The maximum absolute atomic E-state index is 11.0. The van der Waals surface area contributed by atoms with E-state index in [0.29, 0.717) is 30.8 Å². The second kappa shape index (κ2) is 10.8. The van der Waals surface area contributed by atoms with E-state index in [-0.39, 0.29) is 5.97 Å². The average molecular weight is 358 g/mol. The van der Waals surface area contributed by atoms with Gasteiger partial charge >= 0.3 is 11.9 Å². The number of carboxylic acid groups (broad SMARTS) is 1. The van der Waals surface area contributed by atoms with E-state index in [2.05, 4.69) is 0 Å². The van der Waals surface area contributed by atoms with Crippen LogP contribution < -0.4 is 11.5 Å². The smallest absolute Gasteiger partial charge is 0.310 e. The van der Waals surface area contributed by atoms with Gasteiger partial charge in [0.05, 0.1) is 18.9 Å². The van der Waals surface area contributed by atoms with Crippen LogP contribution in [0.25, 0.3) is 0 Å². The Morgan fingerprint density at radius 3 is 1.88 bits per heavy atom. The highest BCUT2D eigenvalue weighted by Crippen LogP contribution is 2.20. The van der Waals surface area contributed by atoms with Crippen LogP contribution >= 0.6 is 0 Å². The van der Waals surface area contributed by atoms with Crippen molar-refractivity contribution < 1.29 is 19.4 Å². The van der Waals surface area contributed by atoms with Crippen LogP contribution in [0.5, 0.6) is 0 Å². The molecule has 0 saturated carbocycles. The summed E-state index contributed by atoms with van der Waals surface area (Å²) in [7, 11) is 0. The van der Waals surface area contributed by atoms with E-state index >= 15 is 0 Å². The second-order valence-corrected chi connectivity index (χ2v) is 5.69. The van der Waals surface area contributed by atoms with Gasteiger partial charge in [0.2, 0.25) is 0 Å². The van der Waals surface area contributed by atoms with E-state index in [1.54, 1.807) is 43.3 Å². The molecule has 0 bridgehead atoms. The van der Waals surface area contributed by atoms with Crippen LogP contribution in [-0.4, -0.2) is 23.7 Å². The molecular formula is C20H26N2O4. The monoisotopic (exact) mass is 358 g/mol. The molecular weight excluding hydrogens is 332 g/mol. The van der Waals surface area contributed by atoms with E-state index in [9.17, 15) is 9.59 Å². The number of anilines is 2. The number of carbonyl (C=O) groups excluding carboxylic acids is 1. The quantitative estimate of drug-likeness (QED) is 0.539. The fourth-order valence-electron chi connectivity index (χ4n) is 2.30. The van der Waals surface area contributed by atoms with Gasteiger partial charge in [-0.1, -0.05) is 31.2 Å².